The predicted molar refractivity (Wildman–Crippen MR) is 103 cm³/mol. The first-order chi connectivity index (χ1) is 10.6. The number of carbonyl (C=O) groups is 1. The molecule has 0 saturated carbocycles. The van der Waals surface area contributed by atoms with Crippen molar-refractivity contribution in [1.82, 2.24) is 0 Å². The van der Waals surface area contributed by atoms with Crippen LogP contribution in [0.3, 0.4) is 0 Å². The highest BCUT2D eigenvalue weighted by atomic mass is 79.9. The fourth-order valence-electron chi connectivity index (χ4n) is 2.63. The third kappa shape index (κ3) is 15.3. The maximum atomic E-state index is 10.5. The zero-order valence-corrected chi connectivity index (χ0v) is 17.3. The normalized spacial score (nSPS) is 14.0. The molecular weight excluding hydrogens is 408 g/mol. The van der Waals surface area contributed by atoms with E-state index in [-0.39, 0.29) is 0 Å². The number of rotatable bonds is 16. The van der Waals surface area contributed by atoms with Gasteiger partial charge in [0.25, 0.3) is 0 Å². The van der Waals surface area contributed by atoms with E-state index in [1.807, 2.05) is 0 Å². The summed E-state index contributed by atoms with van der Waals surface area (Å²) in [5, 5.41) is 8.61. The quantitative estimate of drug-likeness (QED) is 0.205. The predicted octanol–water partition coefficient (Wildman–Crippen LogP) is 7.08. The van der Waals surface area contributed by atoms with Crippen molar-refractivity contribution in [3.63, 3.8) is 0 Å². The minimum atomic E-state index is -0.684. The van der Waals surface area contributed by atoms with Gasteiger partial charge in [-0.1, -0.05) is 103 Å². The summed E-state index contributed by atoms with van der Waals surface area (Å²) >= 11 is 7.51. The van der Waals surface area contributed by atoms with Gasteiger partial charge in [-0.05, 0) is 19.3 Å². The average molecular weight is 442 g/mol. The largest absolute Gasteiger partial charge is 0.481 e. The molecule has 0 aromatic rings. The van der Waals surface area contributed by atoms with Crippen LogP contribution in [0, 0.1) is 0 Å². The molecule has 0 aliphatic heterocycles. The van der Waals surface area contributed by atoms with E-state index < -0.39 is 5.97 Å². The molecule has 2 nitrogen and oxygen atoms in total. The molecule has 0 rings (SSSR count). The summed E-state index contributed by atoms with van der Waals surface area (Å²) in [4.78, 5) is 11.4. The topological polar surface area (TPSA) is 37.3 Å². The third-order valence-corrected chi connectivity index (χ3v) is 7.00. The van der Waals surface area contributed by atoms with Gasteiger partial charge >= 0.3 is 5.97 Å². The van der Waals surface area contributed by atoms with Crippen LogP contribution >= 0.6 is 31.9 Å². The molecule has 4 heteroatoms. The molecule has 0 amide bonds. The first-order valence-electron chi connectivity index (χ1n) is 9.07. The van der Waals surface area contributed by atoms with Crippen molar-refractivity contribution in [2.45, 2.75) is 106 Å². The number of carboxylic acid groups (broad SMARTS) is 1. The van der Waals surface area contributed by atoms with Gasteiger partial charge in [-0.3, -0.25) is 4.79 Å². The van der Waals surface area contributed by atoms with Crippen molar-refractivity contribution >= 4 is 37.8 Å². The molecule has 2 atom stereocenters. The number of hydrogen-bond acceptors (Lipinski definition) is 1. The minimum Gasteiger partial charge on any atom is -0.481 e. The van der Waals surface area contributed by atoms with E-state index in [1.165, 1.54) is 64.2 Å². The van der Waals surface area contributed by atoms with Crippen LogP contribution < -0.4 is 0 Å². The Morgan fingerprint density at radius 1 is 0.773 bits per heavy atom. The van der Waals surface area contributed by atoms with E-state index >= 15 is 0 Å². The molecule has 0 aliphatic carbocycles. The summed E-state index contributed by atoms with van der Waals surface area (Å²) in [7, 11) is 0. The Morgan fingerprint density at radius 3 is 1.64 bits per heavy atom. The van der Waals surface area contributed by atoms with Crippen molar-refractivity contribution in [2.24, 2.45) is 0 Å². The van der Waals surface area contributed by atoms with Crippen LogP contribution in [-0.2, 0) is 4.79 Å². The van der Waals surface area contributed by atoms with Gasteiger partial charge < -0.3 is 5.11 Å². The Kier molecular flexibility index (Phi) is 16.6. The third-order valence-electron chi connectivity index (χ3n) is 4.10. The van der Waals surface area contributed by atoms with Gasteiger partial charge in [-0.25, -0.2) is 0 Å². The molecule has 22 heavy (non-hydrogen) atoms. The van der Waals surface area contributed by atoms with Gasteiger partial charge in [0.05, 0.1) is 0 Å². The highest BCUT2D eigenvalue weighted by Gasteiger charge is 2.15. The van der Waals surface area contributed by atoms with E-state index in [4.69, 9.17) is 5.11 Å². The minimum absolute atomic E-state index is 0.297. The van der Waals surface area contributed by atoms with Gasteiger partial charge in [0.2, 0.25) is 0 Å². The van der Waals surface area contributed by atoms with Crippen LogP contribution in [-0.4, -0.2) is 20.7 Å². The van der Waals surface area contributed by atoms with Crippen LogP contribution in [0.1, 0.15) is 96.8 Å². The maximum absolute atomic E-state index is 10.5. The summed E-state index contributed by atoms with van der Waals surface area (Å²) in [6.07, 6.45) is 16.7. The second kappa shape index (κ2) is 16.3. The second-order valence-corrected chi connectivity index (χ2v) is 8.64. The van der Waals surface area contributed by atoms with Crippen LogP contribution in [0.5, 0.6) is 0 Å². The van der Waals surface area contributed by atoms with E-state index in [0.29, 0.717) is 16.1 Å². The molecular formula is C18H34Br2O2. The van der Waals surface area contributed by atoms with E-state index in [0.717, 1.165) is 19.3 Å². The number of alkyl halides is 2. The van der Waals surface area contributed by atoms with Crippen LogP contribution in [0.2, 0.25) is 0 Å². The zero-order valence-electron chi connectivity index (χ0n) is 14.2. The molecule has 0 radical (unpaired) electrons. The number of halogens is 2. The Labute approximate surface area is 154 Å². The number of unbranched alkanes of at least 4 members (excludes halogenated alkanes) is 9. The highest BCUT2D eigenvalue weighted by molar-refractivity contribution is 9.12. The summed E-state index contributed by atoms with van der Waals surface area (Å²) in [6.45, 7) is 2.26. The Morgan fingerprint density at radius 2 is 1.18 bits per heavy atom. The summed E-state index contributed by atoms with van der Waals surface area (Å²) in [5.74, 6) is -0.684. The molecule has 0 saturated heterocycles. The average Bonchev–Trinajstić information content (AvgIpc) is 2.49. The molecule has 0 aromatic carbocycles. The SMILES string of the molecule is CCCCCCCCCCC[C@@H](Br)[C@H](Br)CCCCC(=O)O. The molecule has 0 aliphatic rings. The summed E-state index contributed by atoms with van der Waals surface area (Å²) in [6, 6.07) is 0. The fraction of sp³-hybridized carbons (Fsp3) is 0.944. The Balaban J connectivity index is 3.36. The first kappa shape index (κ1) is 22.4. The molecule has 0 bridgehead atoms. The maximum Gasteiger partial charge on any atom is 0.303 e. The Bertz CT molecular complexity index is 259. The van der Waals surface area contributed by atoms with Crippen LogP contribution in [0.4, 0.5) is 0 Å². The highest BCUT2D eigenvalue weighted by Crippen LogP contribution is 2.25. The van der Waals surface area contributed by atoms with Gasteiger partial charge in [0.15, 0.2) is 0 Å². The lowest BCUT2D eigenvalue weighted by Crippen LogP contribution is -2.14. The van der Waals surface area contributed by atoms with Crippen molar-refractivity contribution in [3.8, 4) is 0 Å². The van der Waals surface area contributed by atoms with Crippen LogP contribution in [0.15, 0.2) is 0 Å². The lowest BCUT2D eigenvalue weighted by atomic mass is 10.0. The molecule has 0 fully saturated rings. The van der Waals surface area contributed by atoms with Crippen molar-refractivity contribution in [3.05, 3.63) is 0 Å². The van der Waals surface area contributed by atoms with Gasteiger partial charge in [0, 0.05) is 16.1 Å². The number of hydrogen-bond donors (Lipinski definition) is 1. The summed E-state index contributed by atoms with van der Waals surface area (Å²) < 4.78 is 0. The van der Waals surface area contributed by atoms with Gasteiger partial charge in [-0.15, -0.1) is 0 Å². The number of aliphatic carboxylic acids is 1. The van der Waals surface area contributed by atoms with E-state index in [1.54, 1.807) is 0 Å². The zero-order chi connectivity index (χ0) is 16.6. The number of carboxylic acids is 1. The van der Waals surface area contributed by atoms with Gasteiger partial charge in [-0.2, -0.15) is 0 Å². The molecule has 132 valence electrons. The lowest BCUT2D eigenvalue weighted by molar-refractivity contribution is -0.137. The molecule has 0 heterocycles. The smallest absolute Gasteiger partial charge is 0.303 e. The molecule has 0 spiro atoms. The van der Waals surface area contributed by atoms with Gasteiger partial charge in [0.1, 0.15) is 0 Å². The second-order valence-electron chi connectivity index (χ2n) is 6.29. The molecule has 1 N–H and O–H groups in total. The van der Waals surface area contributed by atoms with Crippen molar-refractivity contribution in [2.75, 3.05) is 0 Å². The first-order valence-corrected chi connectivity index (χ1v) is 10.9. The lowest BCUT2D eigenvalue weighted by Gasteiger charge is -2.16. The summed E-state index contributed by atoms with van der Waals surface area (Å²) in [5.41, 5.74) is 0. The van der Waals surface area contributed by atoms with Crippen LogP contribution in [0.25, 0.3) is 0 Å². The standard InChI is InChI=1S/C18H34Br2O2/c1-2-3-4-5-6-7-8-9-10-13-16(19)17(20)14-11-12-15-18(21)22/h16-17H,2-15H2,1H3,(H,21,22)/t16-,17-/m1/s1. The Hall–Kier alpha value is 0.430. The fourth-order valence-corrected chi connectivity index (χ4v) is 3.80. The van der Waals surface area contributed by atoms with E-state index in [9.17, 15) is 4.79 Å². The molecule has 0 aromatic heterocycles. The monoisotopic (exact) mass is 440 g/mol. The van der Waals surface area contributed by atoms with Crippen molar-refractivity contribution < 1.29 is 9.90 Å². The van der Waals surface area contributed by atoms with Crippen molar-refractivity contribution in [1.29, 1.82) is 0 Å². The molecule has 0 unspecified atom stereocenters. The van der Waals surface area contributed by atoms with E-state index in [2.05, 4.69) is 38.8 Å².